The van der Waals surface area contributed by atoms with Gasteiger partial charge in [0.1, 0.15) is 0 Å². The molecule has 0 aromatic heterocycles. The number of hydrogen-bond acceptors (Lipinski definition) is 2. The highest BCUT2D eigenvalue weighted by molar-refractivity contribution is 6.07. The van der Waals surface area contributed by atoms with Crippen LogP contribution in [0.2, 0.25) is 0 Å². The van der Waals surface area contributed by atoms with Crippen molar-refractivity contribution in [3.8, 4) is 0 Å². The average molecular weight is 473 g/mol. The van der Waals surface area contributed by atoms with Gasteiger partial charge in [-0.15, -0.1) is 0 Å². The number of hydrogen-bond donors (Lipinski definition) is 2. The summed E-state index contributed by atoms with van der Waals surface area (Å²) >= 11 is 0. The molecule has 0 radical (unpaired) electrons. The predicted molar refractivity (Wildman–Crippen MR) is 146 cm³/mol. The maximum atomic E-state index is 13.3. The Morgan fingerprint density at radius 2 is 0.861 bits per heavy atom. The second kappa shape index (κ2) is 10.0. The van der Waals surface area contributed by atoms with Crippen molar-refractivity contribution in [3.63, 3.8) is 0 Å². The zero-order valence-corrected chi connectivity index (χ0v) is 20.4. The van der Waals surface area contributed by atoms with Crippen molar-refractivity contribution in [2.24, 2.45) is 0 Å². The van der Waals surface area contributed by atoms with Crippen LogP contribution in [0.4, 0.5) is 0 Å². The van der Waals surface area contributed by atoms with Crippen molar-refractivity contribution in [1.82, 2.24) is 10.6 Å². The molecule has 36 heavy (non-hydrogen) atoms. The number of fused-ring (bicyclic) bond motifs is 2. The maximum Gasteiger partial charge on any atom is 0.252 e. The third-order valence-electron chi connectivity index (χ3n) is 6.69. The molecule has 2 N–H and O–H groups in total. The van der Waals surface area contributed by atoms with Crippen LogP contribution in [0.1, 0.15) is 57.8 Å². The minimum atomic E-state index is -0.279. The van der Waals surface area contributed by atoms with E-state index in [4.69, 9.17) is 0 Å². The summed E-state index contributed by atoms with van der Waals surface area (Å²) < 4.78 is 0. The second-order valence-electron chi connectivity index (χ2n) is 9.07. The zero-order chi connectivity index (χ0) is 25.1. The molecule has 0 fully saturated rings. The minimum absolute atomic E-state index is 0.227. The van der Waals surface area contributed by atoms with Crippen LogP contribution in [-0.2, 0) is 0 Å². The van der Waals surface area contributed by atoms with Crippen molar-refractivity contribution < 1.29 is 9.59 Å². The number of carbonyl (C=O) groups is 2. The third kappa shape index (κ3) is 4.58. The molecule has 0 unspecified atom stereocenters. The van der Waals surface area contributed by atoms with E-state index in [-0.39, 0.29) is 23.9 Å². The Kier molecular flexibility index (Phi) is 6.50. The molecule has 0 aliphatic heterocycles. The van der Waals surface area contributed by atoms with Gasteiger partial charge in [0.15, 0.2) is 0 Å². The SMILES string of the molecule is C[C@H](NC(=O)c1ccccc1C(=O)N[C@H](C)c1cccc2ccccc12)c1cccc2ccccc12. The normalized spacial score (nSPS) is 12.7. The molecule has 5 rings (SSSR count). The number of rotatable bonds is 6. The predicted octanol–water partition coefficient (Wildman–Crippen LogP) is 6.98. The van der Waals surface area contributed by atoms with E-state index < -0.39 is 0 Å². The lowest BCUT2D eigenvalue weighted by Crippen LogP contribution is -2.32. The molecule has 5 aromatic rings. The van der Waals surface area contributed by atoms with Gasteiger partial charge in [0.05, 0.1) is 23.2 Å². The van der Waals surface area contributed by atoms with Crippen LogP contribution < -0.4 is 10.6 Å². The van der Waals surface area contributed by atoms with E-state index in [0.29, 0.717) is 11.1 Å². The van der Waals surface area contributed by atoms with Crippen LogP contribution in [0.3, 0.4) is 0 Å². The Morgan fingerprint density at radius 3 is 1.31 bits per heavy atom. The minimum Gasteiger partial charge on any atom is -0.345 e. The fourth-order valence-electron chi connectivity index (χ4n) is 4.84. The van der Waals surface area contributed by atoms with Gasteiger partial charge in [-0.1, -0.05) is 97.1 Å². The second-order valence-corrected chi connectivity index (χ2v) is 9.07. The van der Waals surface area contributed by atoms with E-state index in [0.717, 1.165) is 32.7 Å². The van der Waals surface area contributed by atoms with Gasteiger partial charge in [-0.3, -0.25) is 9.59 Å². The molecule has 0 saturated carbocycles. The first-order chi connectivity index (χ1) is 17.5. The highest BCUT2D eigenvalue weighted by Gasteiger charge is 2.21. The van der Waals surface area contributed by atoms with E-state index in [1.54, 1.807) is 24.3 Å². The highest BCUT2D eigenvalue weighted by Crippen LogP contribution is 2.26. The van der Waals surface area contributed by atoms with Crippen LogP contribution in [0, 0.1) is 0 Å². The Hall–Kier alpha value is -4.44. The summed E-state index contributed by atoms with van der Waals surface area (Å²) in [6.07, 6.45) is 0. The largest absolute Gasteiger partial charge is 0.345 e. The van der Waals surface area contributed by atoms with Gasteiger partial charge in [-0.2, -0.15) is 0 Å². The van der Waals surface area contributed by atoms with Gasteiger partial charge in [-0.25, -0.2) is 0 Å². The first kappa shape index (κ1) is 23.3. The Labute approximate surface area is 211 Å². The molecule has 4 heteroatoms. The molecule has 0 bridgehead atoms. The lowest BCUT2D eigenvalue weighted by molar-refractivity contribution is 0.0905. The summed E-state index contributed by atoms with van der Waals surface area (Å²) in [5.41, 5.74) is 2.78. The third-order valence-corrected chi connectivity index (χ3v) is 6.69. The smallest absolute Gasteiger partial charge is 0.252 e. The molecule has 0 spiro atoms. The van der Waals surface area contributed by atoms with Gasteiger partial charge >= 0.3 is 0 Å². The molecule has 2 atom stereocenters. The van der Waals surface area contributed by atoms with Crippen LogP contribution in [-0.4, -0.2) is 11.8 Å². The van der Waals surface area contributed by atoms with Crippen LogP contribution in [0.15, 0.2) is 109 Å². The van der Waals surface area contributed by atoms with Gasteiger partial charge < -0.3 is 10.6 Å². The lowest BCUT2D eigenvalue weighted by Gasteiger charge is -2.19. The standard InChI is InChI=1S/C32H28N2O2/c1-21(25-19-9-13-23-11-3-5-15-27(23)25)33-31(35)29-17-7-8-18-30(29)32(36)34-22(2)26-20-10-14-24-12-4-6-16-28(24)26/h3-22H,1-2H3,(H,33,35)(H,34,36)/t21-,22+. The number of amides is 2. The fourth-order valence-corrected chi connectivity index (χ4v) is 4.84. The van der Waals surface area contributed by atoms with E-state index in [1.165, 1.54) is 0 Å². The fraction of sp³-hybridized carbons (Fsp3) is 0.125. The summed E-state index contributed by atoms with van der Waals surface area (Å²) in [6, 6.07) is 34.9. The number of nitrogens with one attached hydrogen (secondary N) is 2. The topological polar surface area (TPSA) is 58.2 Å². The van der Waals surface area contributed by atoms with Crippen LogP contribution in [0.25, 0.3) is 21.5 Å². The molecule has 178 valence electrons. The van der Waals surface area contributed by atoms with Crippen molar-refractivity contribution in [2.75, 3.05) is 0 Å². The monoisotopic (exact) mass is 472 g/mol. The van der Waals surface area contributed by atoms with Crippen LogP contribution >= 0.6 is 0 Å². The maximum absolute atomic E-state index is 13.3. The first-order valence-corrected chi connectivity index (χ1v) is 12.2. The summed E-state index contributed by atoms with van der Waals surface area (Å²) in [5.74, 6) is -0.557. The van der Waals surface area contributed by atoms with Gasteiger partial charge in [0.2, 0.25) is 0 Å². The van der Waals surface area contributed by atoms with E-state index >= 15 is 0 Å². The molecule has 5 aromatic carbocycles. The molecule has 0 heterocycles. The summed E-state index contributed by atoms with van der Waals surface area (Å²) in [4.78, 5) is 26.7. The average Bonchev–Trinajstić information content (AvgIpc) is 2.92. The van der Waals surface area contributed by atoms with E-state index in [9.17, 15) is 9.59 Å². The Bertz CT molecular complexity index is 1440. The van der Waals surface area contributed by atoms with Crippen molar-refractivity contribution in [3.05, 3.63) is 131 Å². The molecule has 0 aliphatic carbocycles. The van der Waals surface area contributed by atoms with Crippen molar-refractivity contribution >= 4 is 33.4 Å². The molecule has 0 saturated heterocycles. The zero-order valence-electron chi connectivity index (χ0n) is 20.4. The molecular weight excluding hydrogens is 444 g/mol. The quantitative estimate of drug-likeness (QED) is 0.280. The molecule has 2 amide bonds. The van der Waals surface area contributed by atoms with E-state index in [1.807, 2.05) is 62.4 Å². The number of carbonyl (C=O) groups excluding carboxylic acids is 2. The Balaban J connectivity index is 1.37. The van der Waals surface area contributed by atoms with Crippen LogP contribution in [0.5, 0.6) is 0 Å². The molecule has 0 aliphatic rings. The summed E-state index contributed by atoms with van der Waals surface area (Å²) in [5, 5.41) is 10.6. The summed E-state index contributed by atoms with van der Waals surface area (Å²) in [7, 11) is 0. The van der Waals surface area contributed by atoms with Crippen molar-refractivity contribution in [2.45, 2.75) is 25.9 Å². The van der Waals surface area contributed by atoms with Gasteiger partial charge in [0.25, 0.3) is 11.8 Å². The highest BCUT2D eigenvalue weighted by atomic mass is 16.2. The first-order valence-electron chi connectivity index (χ1n) is 12.2. The van der Waals surface area contributed by atoms with Gasteiger partial charge in [-0.05, 0) is 58.7 Å². The summed E-state index contributed by atoms with van der Waals surface area (Å²) in [6.45, 7) is 3.93. The molecular formula is C32H28N2O2. The molecule has 4 nitrogen and oxygen atoms in total. The number of benzene rings is 5. The van der Waals surface area contributed by atoms with Gasteiger partial charge in [0, 0.05) is 0 Å². The van der Waals surface area contributed by atoms with E-state index in [2.05, 4.69) is 47.0 Å². The Morgan fingerprint density at radius 1 is 0.500 bits per heavy atom. The van der Waals surface area contributed by atoms with Crippen molar-refractivity contribution in [1.29, 1.82) is 0 Å². The lowest BCUT2D eigenvalue weighted by atomic mass is 9.98.